The lowest BCUT2D eigenvalue weighted by molar-refractivity contribution is -0.0141. The van der Waals surface area contributed by atoms with Gasteiger partial charge in [0, 0.05) is 33.8 Å². The molecule has 1 fully saturated rings. The lowest BCUT2D eigenvalue weighted by Gasteiger charge is -2.56. The van der Waals surface area contributed by atoms with Gasteiger partial charge in [0.15, 0.2) is 0 Å². The Bertz CT molecular complexity index is 456. The molecule has 4 heteroatoms. The van der Waals surface area contributed by atoms with E-state index in [4.69, 9.17) is 10.5 Å². The molecule has 0 unspecified atom stereocenters. The Morgan fingerprint density at radius 3 is 2.58 bits per heavy atom. The van der Waals surface area contributed by atoms with E-state index in [9.17, 15) is 0 Å². The number of ether oxygens (including phenoxy) is 1. The van der Waals surface area contributed by atoms with Crippen molar-refractivity contribution in [3.05, 3.63) is 24.3 Å². The van der Waals surface area contributed by atoms with E-state index in [1.807, 2.05) is 0 Å². The molecule has 0 atom stereocenters. The highest BCUT2D eigenvalue weighted by Gasteiger charge is 2.49. The molecule has 1 saturated carbocycles. The topological polar surface area (TPSA) is 41.7 Å². The van der Waals surface area contributed by atoms with Crippen molar-refractivity contribution < 1.29 is 4.74 Å². The molecular weight excluding hydrogens is 238 g/mol. The highest BCUT2D eigenvalue weighted by atomic mass is 16.5. The van der Waals surface area contributed by atoms with Crippen LogP contribution >= 0.6 is 0 Å². The third-order valence-electron chi connectivity index (χ3n) is 4.74. The normalized spacial score (nSPS) is 29.9. The average molecular weight is 261 g/mol. The molecule has 104 valence electrons. The van der Waals surface area contributed by atoms with Crippen molar-refractivity contribution in [2.75, 3.05) is 43.6 Å². The fraction of sp³-hybridized carbons (Fsp3) is 0.600. The molecule has 1 aromatic rings. The summed E-state index contributed by atoms with van der Waals surface area (Å²) in [7, 11) is 3.95. The molecule has 0 amide bonds. The van der Waals surface area contributed by atoms with Crippen LogP contribution in [0.1, 0.15) is 12.8 Å². The Morgan fingerprint density at radius 1 is 1.26 bits per heavy atom. The van der Waals surface area contributed by atoms with Gasteiger partial charge in [0.1, 0.15) is 0 Å². The molecule has 3 rings (SSSR count). The molecule has 0 aromatic heterocycles. The number of rotatable bonds is 3. The minimum Gasteiger partial charge on any atom is -0.381 e. The van der Waals surface area contributed by atoms with Crippen LogP contribution in [0.4, 0.5) is 11.4 Å². The Kier molecular flexibility index (Phi) is 3.15. The maximum atomic E-state index is 6.10. The number of nitrogens with zero attached hydrogens (tertiary/aromatic N) is 2. The first-order valence-electron chi connectivity index (χ1n) is 7.01. The second-order valence-electron chi connectivity index (χ2n) is 5.76. The Hall–Kier alpha value is -1.26. The molecule has 1 aliphatic carbocycles. The van der Waals surface area contributed by atoms with Gasteiger partial charge in [-0.3, -0.25) is 0 Å². The largest absolute Gasteiger partial charge is 0.381 e. The van der Waals surface area contributed by atoms with E-state index in [0.29, 0.717) is 12.6 Å². The summed E-state index contributed by atoms with van der Waals surface area (Å²) in [6, 6.07) is 8.62. The van der Waals surface area contributed by atoms with Crippen LogP contribution in [0.25, 0.3) is 0 Å². The van der Waals surface area contributed by atoms with Crippen molar-refractivity contribution in [3.8, 4) is 0 Å². The van der Waals surface area contributed by atoms with Gasteiger partial charge in [-0.25, -0.2) is 0 Å². The summed E-state index contributed by atoms with van der Waals surface area (Å²) in [6.45, 7) is 2.79. The van der Waals surface area contributed by atoms with Crippen LogP contribution in [0.2, 0.25) is 0 Å². The predicted octanol–water partition coefficient (Wildman–Crippen LogP) is 1.45. The monoisotopic (exact) mass is 261 g/mol. The molecule has 1 heterocycles. The molecule has 0 saturated heterocycles. The predicted molar refractivity (Wildman–Crippen MR) is 78.9 cm³/mol. The quantitative estimate of drug-likeness (QED) is 0.894. The van der Waals surface area contributed by atoms with Gasteiger partial charge in [0.2, 0.25) is 0 Å². The van der Waals surface area contributed by atoms with Crippen molar-refractivity contribution in [2.45, 2.75) is 24.5 Å². The molecule has 0 radical (unpaired) electrons. The summed E-state index contributed by atoms with van der Waals surface area (Å²) in [4.78, 5) is 4.83. The number of benzene rings is 1. The zero-order valence-electron chi connectivity index (χ0n) is 11.8. The van der Waals surface area contributed by atoms with E-state index in [-0.39, 0.29) is 5.54 Å². The summed E-state index contributed by atoms with van der Waals surface area (Å²) in [5.74, 6) is 0. The second kappa shape index (κ2) is 4.69. The van der Waals surface area contributed by atoms with Crippen molar-refractivity contribution in [1.29, 1.82) is 0 Å². The maximum Gasteiger partial charge on any atom is 0.0617 e. The Labute approximate surface area is 115 Å². The van der Waals surface area contributed by atoms with E-state index < -0.39 is 0 Å². The summed E-state index contributed by atoms with van der Waals surface area (Å²) >= 11 is 0. The first kappa shape index (κ1) is 12.8. The van der Waals surface area contributed by atoms with Crippen molar-refractivity contribution in [1.82, 2.24) is 0 Å². The molecule has 0 bridgehead atoms. The third kappa shape index (κ3) is 1.90. The summed E-state index contributed by atoms with van der Waals surface area (Å²) in [5, 5.41) is 0. The number of nitrogens with two attached hydrogens (primary N) is 1. The zero-order valence-corrected chi connectivity index (χ0v) is 11.8. The second-order valence-corrected chi connectivity index (χ2v) is 5.76. The fourth-order valence-corrected chi connectivity index (χ4v) is 3.45. The van der Waals surface area contributed by atoms with Crippen molar-refractivity contribution in [2.24, 2.45) is 5.73 Å². The minimum atomic E-state index is 0.0953. The van der Waals surface area contributed by atoms with Crippen LogP contribution in [0.15, 0.2) is 24.3 Å². The van der Waals surface area contributed by atoms with Crippen LogP contribution in [0.5, 0.6) is 0 Å². The van der Waals surface area contributed by atoms with Crippen LogP contribution in [0.3, 0.4) is 0 Å². The number of para-hydroxylation sites is 2. The summed E-state index contributed by atoms with van der Waals surface area (Å²) in [6.07, 6.45) is 2.45. The number of fused-ring (bicyclic) bond motifs is 1. The van der Waals surface area contributed by atoms with Gasteiger partial charge in [-0.05, 0) is 25.0 Å². The van der Waals surface area contributed by atoms with Crippen LogP contribution < -0.4 is 15.5 Å². The number of hydrogen-bond donors (Lipinski definition) is 1. The van der Waals surface area contributed by atoms with Gasteiger partial charge < -0.3 is 20.3 Å². The molecule has 1 aliphatic heterocycles. The SMILES string of the molecule is COC1CC(CN)(N2CCN(C)c3ccccc32)C1. The van der Waals surface area contributed by atoms with E-state index in [1.165, 1.54) is 11.4 Å². The number of hydrogen-bond acceptors (Lipinski definition) is 4. The third-order valence-corrected chi connectivity index (χ3v) is 4.74. The molecule has 4 nitrogen and oxygen atoms in total. The smallest absolute Gasteiger partial charge is 0.0617 e. The van der Waals surface area contributed by atoms with E-state index in [1.54, 1.807) is 7.11 Å². The van der Waals surface area contributed by atoms with Gasteiger partial charge in [-0.15, -0.1) is 0 Å². The minimum absolute atomic E-state index is 0.0953. The van der Waals surface area contributed by atoms with Crippen LogP contribution in [-0.2, 0) is 4.74 Å². The average Bonchev–Trinajstić information content (AvgIpc) is 2.41. The molecule has 1 aromatic carbocycles. The van der Waals surface area contributed by atoms with Gasteiger partial charge in [0.05, 0.1) is 23.0 Å². The fourth-order valence-electron chi connectivity index (χ4n) is 3.45. The van der Waals surface area contributed by atoms with Gasteiger partial charge in [-0.1, -0.05) is 12.1 Å². The van der Waals surface area contributed by atoms with E-state index in [2.05, 4.69) is 41.1 Å². The van der Waals surface area contributed by atoms with Crippen molar-refractivity contribution >= 4 is 11.4 Å². The lowest BCUT2D eigenvalue weighted by Crippen LogP contribution is -2.66. The molecule has 2 aliphatic rings. The van der Waals surface area contributed by atoms with Crippen molar-refractivity contribution in [3.63, 3.8) is 0 Å². The highest BCUT2D eigenvalue weighted by molar-refractivity contribution is 5.74. The number of methoxy groups -OCH3 is 1. The lowest BCUT2D eigenvalue weighted by atomic mass is 9.72. The standard InChI is InChI=1S/C15H23N3O/c1-17-7-8-18(14-6-4-3-5-13(14)17)15(11-16)9-12(10-15)19-2/h3-6,12H,7-11,16H2,1-2H3. The highest BCUT2D eigenvalue weighted by Crippen LogP contribution is 2.45. The molecule has 2 N–H and O–H groups in total. The van der Waals surface area contributed by atoms with Crippen LogP contribution in [0, 0.1) is 0 Å². The Balaban J connectivity index is 1.92. The van der Waals surface area contributed by atoms with Gasteiger partial charge >= 0.3 is 0 Å². The zero-order chi connectivity index (χ0) is 13.5. The molecular formula is C15H23N3O. The molecule has 19 heavy (non-hydrogen) atoms. The number of likely N-dealkylation sites (N-methyl/N-ethyl adjacent to an activating group) is 1. The van der Waals surface area contributed by atoms with E-state index >= 15 is 0 Å². The van der Waals surface area contributed by atoms with E-state index in [0.717, 1.165) is 25.9 Å². The summed E-state index contributed by atoms with van der Waals surface area (Å²) in [5.41, 5.74) is 8.82. The Morgan fingerprint density at radius 2 is 1.95 bits per heavy atom. The summed E-state index contributed by atoms with van der Waals surface area (Å²) < 4.78 is 5.45. The number of anilines is 2. The molecule has 0 spiro atoms. The van der Waals surface area contributed by atoms with Gasteiger partial charge in [0.25, 0.3) is 0 Å². The maximum absolute atomic E-state index is 6.10. The van der Waals surface area contributed by atoms with Crippen LogP contribution in [-0.4, -0.2) is 45.4 Å². The van der Waals surface area contributed by atoms with Gasteiger partial charge in [-0.2, -0.15) is 0 Å². The first-order chi connectivity index (χ1) is 9.20. The first-order valence-corrected chi connectivity index (χ1v) is 7.01.